The van der Waals surface area contributed by atoms with Crippen LogP contribution in [0.3, 0.4) is 0 Å². The lowest BCUT2D eigenvalue weighted by Crippen LogP contribution is -2.46. The van der Waals surface area contributed by atoms with E-state index in [-0.39, 0.29) is 19.3 Å². The van der Waals surface area contributed by atoms with Crippen molar-refractivity contribution in [2.24, 2.45) is 0 Å². The minimum atomic E-state index is -1.50. The summed E-state index contributed by atoms with van der Waals surface area (Å²) in [4.78, 5) is 10.2. The minimum Gasteiger partial charge on any atom is -0.396 e. The molecule has 0 aromatic rings. The minimum absolute atomic E-state index is 0.0490. The Hall–Kier alpha value is -0.530. The van der Waals surface area contributed by atoms with Crippen molar-refractivity contribution in [2.75, 3.05) is 13.7 Å². The molecule has 84 valence electrons. The van der Waals surface area contributed by atoms with Crippen molar-refractivity contribution in [1.29, 1.82) is 0 Å². The van der Waals surface area contributed by atoms with Gasteiger partial charge in [-0.05, 0) is 6.42 Å². The lowest BCUT2D eigenvalue weighted by molar-refractivity contribution is -0.140. The van der Waals surface area contributed by atoms with E-state index in [4.69, 9.17) is 10.2 Å². The summed E-state index contributed by atoms with van der Waals surface area (Å²) in [7, 11) is 1.20. The van der Waals surface area contributed by atoms with E-state index in [0.29, 0.717) is 0 Å². The van der Waals surface area contributed by atoms with Gasteiger partial charge in [0.25, 0.3) is 0 Å². The van der Waals surface area contributed by atoms with Crippen molar-refractivity contribution in [3.8, 4) is 0 Å². The lowest BCUT2D eigenvalue weighted by Gasteiger charge is -2.26. The van der Waals surface area contributed by atoms with Crippen LogP contribution >= 0.6 is 0 Å². The van der Waals surface area contributed by atoms with Crippen molar-refractivity contribution >= 4 is 6.29 Å². The number of carbonyl (C=O) groups is 1. The molecule has 0 aromatic carbocycles. The third-order valence-corrected chi connectivity index (χ3v) is 1.90. The van der Waals surface area contributed by atoms with Crippen molar-refractivity contribution < 1.29 is 30.0 Å². The summed E-state index contributed by atoms with van der Waals surface area (Å²) in [6, 6.07) is 0. The van der Waals surface area contributed by atoms with Crippen molar-refractivity contribution in [1.82, 2.24) is 0 Å². The Labute approximate surface area is 81.7 Å². The van der Waals surface area contributed by atoms with Gasteiger partial charge in [0.2, 0.25) is 0 Å². The van der Waals surface area contributed by atoms with Crippen LogP contribution < -0.4 is 0 Å². The molecule has 0 saturated heterocycles. The van der Waals surface area contributed by atoms with Crippen LogP contribution in [0.5, 0.6) is 0 Å². The largest absolute Gasteiger partial charge is 0.396 e. The summed E-state index contributed by atoms with van der Waals surface area (Å²) >= 11 is 0. The molecule has 0 aliphatic rings. The smallest absolute Gasteiger partial charge is 0.151 e. The number of aldehydes is 1. The SMILES string of the molecule is CO[C@H]([C@H](O)[C@H](O)CCO)[C@H](O)C=O. The van der Waals surface area contributed by atoms with Crippen LogP contribution in [0.25, 0.3) is 0 Å². The molecule has 4 atom stereocenters. The molecule has 0 heterocycles. The first-order valence-corrected chi connectivity index (χ1v) is 4.21. The molecule has 0 radical (unpaired) electrons. The first kappa shape index (κ1) is 13.5. The molecule has 0 spiro atoms. The van der Waals surface area contributed by atoms with Crippen LogP contribution in [0, 0.1) is 0 Å². The molecule has 4 N–H and O–H groups in total. The third kappa shape index (κ3) is 3.69. The number of aliphatic hydroxyl groups excluding tert-OH is 4. The molecule has 6 nitrogen and oxygen atoms in total. The number of carbonyl (C=O) groups excluding carboxylic acids is 1. The fraction of sp³-hybridized carbons (Fsp3) is 0.875. The number of rotatable bonds is 7. The van der Waals surface area contributed by atoms with Crippen LogP contribution in [0.15, 0.2) is 0 Å². The molecular weight excluding hydrogens is 192 g/mol. The molecule has 0 aromatic heterocycles. The van der Waals surface area contributed by atoms with Gasteiger partial charge in [-0.2, -0.15) is 0 Å². The van der Waals surface area contributed by atoms with Gasteiger partial charge in [-0.15, -0.1) is 0 Å². The Kier molecular flexibility index (Phi) is 6.60. The van der Waals surface area contributed by atoms with E-state index in [0.717, 1.165) is 0 Å². The van der Waals surface area contributed by atoms with Crippen molar-refractivity contribution in [3.05, 3.63) is 0 Å². The van der Waals surface area contributed by atoms with Crippen molar-refractivity contribution in [3.63, 3.8) is 0 Å². The topological polar surface area (TPSA) is 107 Å². The Morgan fingerprint density at radius 1 is 1.36 bits per heavy atom. The molecule has 0 aliphatic heterocycles. The second kappa shape index (κ2) is 6.86. The van der Waals surface area contributed by atoms with Gasteiger partial charge >= 0.3 is 0 Å². The second-order valence-corrected chi connectivity index (χ2v) is 2.90. The average Bonchev–Trinajstić information content (AvgIpc) is 2.18. The van der Waals surface area contributed by atoms with Crippen LogP contribution in [0.1, 0.15) is 6.42 Å². The van der Waals surface area contributed by atoms with E-state index in [2.05, 4.69) is 4.74 Å². The maximum atomic E-state index is 10.2. The third-order valence-electron chi connectivity index (χ3n) is 1.90. The Bertz CT molecular complexity index is 162. The standard InChI is InChI=1S/C8H16O6/c1-14-8(6(12)4-10)7(13)5(11)2-3-9/h4-9,11-13H,2-3H2,1H3/t5-,6-,7-,8+/m1/s1. The Morgan fingerprint density at radius 2 is 1.93 bits per heavy atom. The summed E-state index contributed by atoms with van der Waals surface area (Å²) in [6.45, 7) is -0.300. The van der Waals surface area contributed by atoms with Crippen LogP contribution in [-0.2, 0) is 9.53 Å². The maximum Gasteiger partial charge on any atom is 0.151 e. The first-order valence-electron chi connectivity index (χ1n) is 4.21. The van der Waals surface area contributed by atoms with Gasteiger partial charge in [0.15, 0.2) is 6.29 Å². The van der Waals surface area contributed by atoms with Crippen LogP contribution in [0.2, 0.25) is 0 Å². The van der Waals surface area contributed by atoms with E-state index in [1.807, 2.05) is 0 Å². The fourth-order valence-corrected chi connectivity index (χ4v) is 1.08. The zero-order valence-electron chi connectivity index (χ0n) is 7.91. The van der Waals surface area contributed by atoms with Crippen LogP contribution in [0.4, 0.5) is 0 Å². The highest BCUT2D eigenvalue weighted by atomic mass is 16.5. The molecule has 6 heteroatoms. The van der Waals surface area contributed by atoms with Gasteiger partial charge in [0, 0.05) is 13.7 Å². The molecule has 14 heavy (non-hydrogen) atoms. The zero-order chi connectivity index (χ0) is 11.1. The number of aliphatic hydroxyl groups is 4. The van der Waals surface area contributed by atoms with E-state index in [1.54, 1.807) is 0 Å². The Balaban J connectivity index is 4.28. The summed E-state index contributed by atoms with van der Waals surface area (Å²) in [6.07, 6.45) is -5.17. The van der Waals surface area contributed by atoms with Gasteiger partial charge in [-0.3, -0.25) is 0 Å². The molecule has 0 fully saturated rings. The molecule has 0 saturated carbocycles. The predicted molar refractivity (Wildman–Crippen MR) is 46.6 cm³/mol. The molecule has 0 aliphatic carbocycles. The van der Waals surface area contributed by atoms with Gasteiger partial charge in [0.05, 0.1) is 6.10 Å². The summed E-state index contributed by atoms with van der Waals surface area (Å²) in [5.41, 5.74) is 0. The highest BCUT2D eigenvalue weighted by molar-refractivity contribution is 5.56. The van der Waals surface area contributed by atoms with Gasteiger partial charge in [-0.1, -0.05) is 0 Å². The Morgan fingerprint density at radius 3 is 2.29 bits per heavy atom. The first-order chi connectivity index (χ1) is 6.58. The number of hydrogen-bond acceptors (Lipinski definition) is 6. The van der Waals surface area contributed by atoms with E-state index in [1.165, 1.54) is 7.11 Å². The fourth-order valence-electron chi connectivity index (χ4n) is 1.08. The highest BCUT2D eigenvalue weighted by Gasteiger charge is 2.31. The van der Waals surface area contributed by atoms with Gasteiger partial charge in [-0.25, -0.2) is 0 Å². The summed E-state index contributed by atoms with van der Waals surface area (Å²) in [5, 5.41) is 36.2. The monoisotopic (exact) mass is 208 g/mol. The highest BCUT2D eigenvalue weighted by Crippen LogP contribution is 2.09. The second-order valence-electron chi connectivity index (χ2n) is 2.90. The summed E-state index contributed by atoms with van der Waals surface area (Å²) in [5.74, 6) is 0. The lowest BCUT2D eigenvalue weighted by atomic mass is 10.0. The zero-order valence-corrected chi connectivity index (χ0v) is 7.91. The van der Waals surface area contributed by atoms with Gasteiger partial charge < -0.3 is 30.0 Å². The summed E-state index contributed by atoms with van der Waals surface area (Å²) < 4.78 is 4.66. The molecule has 0 amide bonds. The maximum absolute atomic E-state index is 10.2. The van der Waals surface area contributed by atoms with E-state index < -0.39 is 24.4 Å². The van der Waals surface area contributed by atoms with E-state index in [9.17, 15) is 15.0 Å². The van der Waals surface area contributed by atoms with E-state index >= 15 is 0 Å². The normalized spacial score (nSPS) is 19.8. The number of methoxy groups -OCH3 is 1. The molecule has 0 bridgehead atoms. The number of hydrogen-bond donors (Lipinski definition) is 4. The van der Waals surface area contributed by atoms with Crippen molar-refractivity contribution in [2.45, 2.75) is 30.8 Å². The van der Waals surface area contributed by atoms with Gasteiger partial charge in [0.1, 0.15) is 18.3 Å². The average molecular weight is 208 g/mol. The predicted octanol–water partition coefficient (Wildman–Crippen LogP) is -2.33. The quantitative estimate of drug-likeness (QED) is 0.349. The molecule has 0 unspecified atom stereocenters. The van der Waals surface area contributed by atoms with Crippen LogP contribution in [-0.4, -0.2) is 64.8 Å². The molecule has 0 rings (SSSR count). The molecular formula is C8H16O6. The number of ether oxygens (including phenoxy) is 1.